The van der Waals surface area contributed by atoms with Crippen LogP contribution in [-0.4, -0.2) is 40.8 Å². The molecular weight excluding hydrogens is 284 g/mol. The summed E-state index contributed by atoms with van der Waals surface area (Å²) in [4.78, 5) is 12.6. The van der Waals surface area contributed by atoms with Gasteiger partial charge in [-0.25, -0.2) is 4.98 Å². The number of aromatic nitrogens is 2. The van der Waals surface area contributed by atoms with Gasteiger partial charge in [-0.3, -0.25) is 0 Å². The second-order valence-electron chi connectivity index (χ2n) is 5.44. The van der Waals surface area contributed by atoms with Crippen LogP contribution in [0.3, 0.4) is 0 Å². The third kappa shape index (κ3) is 2.96. The van der Waals surface area contributed by atoms with E-state index in [9.17, 15) is 5.11 Å². The second-order valence-corrected chi connectivity index (χ2v) is 6.33. The van der Waals surface area contributed by atoms with Gasteiger partial charge < -0.3 is 15.3 Å². The first-order chi connectivity index (χ1) is 10.3. The van der Waals surface area contributed by atoms with Gasteiger partial charge in [0.15, 0.2) is 0 Å². The lowest BCUT2D eigenvalue weighted by atomic mass is 9.91. The molecule has 0 amide bonds. The minimum atomic E-state index is 0.157. The zero-order valence-electron chi connectivity index (χ0n) is 12.4. The van der Waals surface area contributed by atoms with Crippen molar-refractivity contribution in [3.05, 3.63) is 11.4 Å². The van der Waals surface area contributed by atoms with E-state index in [2.05, 4.69) is 33.6 Å². The molecule has 5 nitrogen and oxygen atoms in total. The van der Waals surface area contributed by atoms with Gasteiger partial charge >= 0.3 is 0 Å². The lowest BCUT2D eigenvalue weighted by molar-refractivity contribution is 0.283. The van der Waals surface area contributed by atoms with Crippen molar-refractivity contribution in [2.75, 3.05) is 29.9 Å². The number of thiophene rings is 1. The van der Waals surface area contributed by atoms with Crippen molar-refractivity contribution >= 4 is 33.3 Å². The molecule has 2 heterocycles. The summed E-state index contributed by atoms with van der Waals surface area (Å²) in [5.74, 6) is 1.67. The summed E-state index contributed by atoms with van der Waals surface area (Å²) in [6, 6.07) is 2.59. The van der Waals surface area contributed by atoms with Gasteiger partial charge in [0.05, 0.1) is 12.0 Å². The Labute approximate surface area is 129 Å². The number of anilines is 2. The molecule has 1 aliphatic rings. The summed E-state index contributed by atoms with van der Waals surface area (Å²) in [7, 11) is 0. The summed E-state index contributed by atoms with van der Waals surface area (Å²) >= 11 is 1.64. The number of aliphatic hydroxyl groups is 1. The molecule has 3 rings (SSSR count). The highest BCUT2D eigenvalue weighted by Crippen LogP contribution is 2.34. The number of fused-ring (bicyclic) bond motifs is 1. The van der Waals surface area contributed by atoms with Crippen molar-refractivity contribution in [1.82, 2.24) is 9.97 Å². The predicted molar refractivity (Wildman–Crippen MR) is 88.3 cm³/mol. The van der Waals surface area contributed by atoms with E-state index in [0.717, 1.165) is 29.0 Å². The van der Waals surface area contributed by atoms with E-state index in [0.29, 0.717) is 18.5 Å². The molecule has 21 heavy (non-hydrogen) atoms. The number of rotatable bonds is 7. The Morgan fingerprint density at radius 1 is 1.43 bits per heavy atom. The normalized spacial score (nSPS) is 15.1. The Morgan fingerprint density at radius 2 is 2.29 bits per heavy atom. The molecule has 0 saturated heterocycles. The monoisotopic (exact) mass is 306 g/mol. The van der Waals surface area contributed by atoms with E-state index in [1.165, 1.54) is 19.3 Å². The van der Waals surface area contributed by atoms with E-state index in [1.54, 1.807) is 11.3 Å². The second kappa shape index (κ2) is 6.58. The van der Waals surface area contributed by atoms with Crippen molar-refractivity contribution in [3.63, 3.8) is 0 Å². The van der Waals surface area contributed by atoms with Crippen LogP contribution < -0.4 is 10.2 Å². The Bertz CT molecular complexity index is 596. The standard InChI is InChI=1S/C15H22N4OS/c1-2-7-16-15-17-13(12-6-10-21-14(12)18-15)19(8-9-20)11-4-3-5-11/h6,10-11,20H,2-5,7-9H2,1H3,(H,16,17,18). The van der Waals surface area contributed by atoms with Gasteiger partial charge in [-0.2, -0.15) is 4.98 Å². The molecule has 0 aromatic carbocycles. The maximum Gasteiger partial charge on any atom is 0.226 e. The van der Waals surface area contributed by atoms with Crippen molar-refractivity contribution in [1.29, 1.82) is 0 Å². The van der Waals surface area contributed by atoms with Crippen LogP contribution in [-0.2, 0) is 0 Å². The molecule has 114 valence electrons. The first-order valence-corrected chi connectivity index (χ1v) is 8.58. The van der Waals surface area contributed by atoms with Crippen LogP contribution in [0, 0.1) is 0 Å². The quantitative estimate of drug-likeness (QED) is 0.823. The minimum Gasteiger partial charge on any atom is -0.395 e. The first kappa shape index (κ1) is 14.5. The first-order valence-electron chi connectivity index (χ1n) is 7.70. The number of hydrogen-bond acceptors (Lipinski definition) is 6. The predicted octanol–water partition coefficient (Wildman–Crippen LogP) is 2.86. The van der Waals surface area contributed by atoms with E-state index in [4.69, 9.17) is 4.98 Å². The Kier molecular flexibility index (Phi) is 4.55. The summed E-state index contributed by atoms with van der Waals surface area (Å²) in [5.41, 5.74) is 0. The van der Waals surface area contributed by atoms with E-state index < -0.39 is 0 Å². The van der Waals surface area contributed by atoms with Gasteiger partial charge in [-0.05, 0) is 37.1 Å². The summed E-state index contributed by atoms with van der Waals surface area (Å²) in [5, 5.41) is 15.8. The van der Waals surface area contributed by atoms with Crippen LogP contribution in [0.4, 0.5) is 11.8 Å². The molecule has 0 aliphatic heterocycles. The van der Waals surface area contributed by atoms with Crippen molar-refractivity contribution in [2.45, 2.75) is 38.6 Å². The van der Waals surface area contributed by atoms with Crippen LogP contribution in [0.15, 0.2) is 11.4 Å². The third-order valence-corrected chi connectivity index (χ3v) is 4.77. The Morgan fingerprint density at radius 3 is 2.95 bits per heavy atom. The zero-order chi connectivity index (χ0) is 14.7. The lowest BCUT2D eigenvalue weighted by Gasteiger charge is -2.38. The largest absolute Gasteiger partial charge is 0.395 e. The van der Waals surface area contributed by atoms with Crippen LogP contribution in [0.1, 0.15) is 32.6 Å². The number of nitrogens with one attached hydrogen (secondary N) is 1. The number of aliphatic hydroxyl groups excluding tert-OH is 1. The zero-order valence-corrected chi connectivity index (χ0v) is 13.2. The van der Waals surface area contributed by atoms with Crippen molar-refractivity contribution in [3.8, 4) is 0 Å². The molecule has 0 spiro atoms. The fraction of sp³-hybridized carbons (Fsp3) is 0.600. The summed E-state index contributed by atoms with van der Waals surface area (Å²) in [6.07, 6.45) is 4.69. The fourth-order valence-corrected chi connectivity index (χ4v) is 3.40. The average Bonchev–Trinajstić information content (AvgIpc) is 2.90. The molecule has 2 aromatic rings. The highest BCUT2D eigenvalue weighted by molar-refractivity contribution is 7.16. The Hall–Kier alpha value is -1.40. The van der Waals surface area contributed by atoms with Crippen LogP contribution in [0.25, 0.3) is 10.2 Å². The molecular formula is C15H22N4OS. The SMILES string of the molecule is CCCNc1nc(N(CCO)C2CCC2)c2ccsc2n1. The molecule has 0 atom stereocenters. The van der Waals surface area contributed by atoms with Crippen LogP contribution in [0.5, 0.6) is 0 Å². The van der Waals surface area contributed by atoms with Crippen molar-refractivity contribution < 1.29 is 5.11 Å². The molecule has 6 heteroatoms. The van der Waals surface area contributed by atoms with Gasteiger partial charge in [-0.1, -0.05) is 6.92 Å². The smallest absolute Gasteiger partial charge is 0.226 e. The van der Waals surface area contributed by atoms with E-state index in [-0.39, 0.29) is 6.61 Å². The van der Waals surface area contributed by atoms with Crippen LogP contribution in [0.2, 0.25) is 0 Å². The molecule has 1 saturated carbocycles. The summed E-state index contributed by atoms with van der Waals surface area (Å²) < 4.78 is 0. The van der Waals surface area contributed by atoms with Gasteiger partial charge in [0.2, 0.25) is 5.95 Å². The minimum absolute atomic E-state index is 0.157. The Balaban J connectivity index is 1.98. The molecule has 0 radical (unpaired) electrons. The third-order valence-electron chi connectivity index (χ3n) is 3.97. The molecule has 2 aromatic heterocycles. The van der Waals surface area contributed by atoms with Gasteiger partial charge in [0.1, 0.15) is 10.6 Å². The van der Waals surface area contributed by atoms with Gasteiger partial charge in [0.25, 0.3) is 0 Å². The maximum absolute atomic E-state index is 9.40. The number of hydrogen-bond donors (Lipinski definition) is 2. The van der Waals surface area contributed by atoms with E-state index in [1.807, 2.05) is 0 Å². The summed E-state index contributed by atoms with van der Waals surface area (Å²) in [6.45, 7) is 3.80. The van der Waals surface area contributed by atoms with Crippen LogP contribution >= 0.6 is 11.3 Å². The molecule has 2 N–H and O–H groups in total. The molecule has 1 fully saturated rings. The highest BCUT2D eigenvalue weighted by atomic mass is 32.1. The number of nitrogens with zero attached hydrogens (tertiary/aromatic N) is 3. The molecule has 0 unspecified atom stereocenters. The highest BCUT2D eigenvalue weighted by Gasteiger charge is 2.27. The molecule has 0 bridgehead atoms. The van der Waals surface area contributed by atoms with Gasteiger partial charge in [-0.15, -0.1) is 11.3 Å². The van der Waals surface area contributed by atoms with E-state index >= 15 is 0 Å². The average molecular weight is 306 g/mol. The lowest BCUT2D eigenvalue weighted by Crippen LogP contribution is -2.42. The van der Waals surface area contributed by atoms with Gasteiger partial charge in [0, 0.05) is 19.1 Å². The fourth-order valence-electron chi connectivity index (χ4n) is 2.64. The topological polar surface area (TPSA) is 61.3 Å². The maximum atomic E-state index is 9.40. The van der Waals surface area contributed by atoms with Crippen molar-refractivity contribution in [2.24, 2.45) is 0 Å². The molecule has 1 aliphatic carbocycles.